The standard InChI is InChI=1S/C18H16FN5O2/c1-11(25)22-15-9-12(5-6-20-15)16-17(14-4-3-13(19)10-21-14)23-24-7-2-8-26-18(16)24/h3-6,9-10H,2,7-8H2,1H3,(H,20,22,25). The molecule has 0 bridgehead atoms. The average Bonchev–Trinajstić information content (AvgIpc) is 3.01. The molecule has 0 fully saturated rings. The van der Waals surface area contributed by atoms with Gasteiger partial charge in [0.25, 0.3) is 0 Å². The summed E-state index contributed by atoms with van der Waals surface area (Å²) >= 11 is 0. The van der Waals surface area contributed by atoms with Crippen LogP contribution in [-0.2, 0) is 11.3 Å². The maximum atomic E-state index is 13.3. The van der Waals surface area contributed by atoms with Crippen LogP contribution in [0.5, 0.6) is 5.88 Å². The number of rotatable bonds is 3. The first-order chi connectivity index (χ1) is 12.6. The van der Waals surface area contributed by atoms with E-state index in [4.69, 9.17) is 4.74 Å². The number of aromatic nitrogens is 4. The topological polar surface area (TPSA) is 81.9 Å². The summed E-state index contributed by atoms with van der Waals surface area (Å²) < 4.78 is 20.9. The zero-order valence-corrected chi connectivity index (χ0v) is 14.1. The molecular weight excluding hydrogens is 337 g/mol. The Morgan fingerprint density at radius 3 is 2.96 bits per heavy atom. The second-order valence-electron chi connectivity index (χ2n) is 5.93. The van der Waals surface area contributed by atoms with E-state index >= 15 is 0 Å². The van der Waals surface area contributed by atoms with Gasteiger partial charge >= 0.3 is 0 Å². The molecule has 1 aliphatic heterocycles. The Balaban J connectivity index is 1.88. The molecule has 1 N–H and O–H groups in total. The van der Waals surface area contributed by atoms with Crippen LogP contribution in [0.25, 0.3) is 22.5 Å². The molecule has 26 heavy (non-hydrogen) atoms. The number of nitrogens with zero attached hydrogens (tertiary/aromatic N) is 4. The van der Waals surface area contributed by atoms with Gasteiger partial charge in [0.2, 0.25) is 11.8 Å². The van der Waals surface area contributed by atoms with Crippen molar-refractivity contribution >= 4 is 11.7 Å². The summed E-state index contributed by atoms with van der Waals surface area (Å²) in [5, 5.41) is 7.29. The second kappa shape index (κ2) is 6.55. The van der Waals surface area contributed by atoms with Gasteiger partial charge in [-0.05, 0) is 29.8 Å². The monoisotopic (exact) mass is 353 g/mol. The zero-order chi connectivity index (χ0) is 18.1. The number of anilines is 1. The molecule has 3 aromatic heterocycles. The van der Waals surface area contributed by atoms with Crippen LogP contribution in [0.15, 0.2) is 36.7 Å². The van der Waals surface area contributed by atoms with Crippen molar-refractivity contribution in [2.45, 2.75) is 19.9 Å². The van der Waals surface area contributed by atoms with Crippen LogP contribution in [-0.4, -0.2) is 32.3 Å². The van der Waals surface area contributed by atoms with Crippen molar-refractivity contribution in [3.8, 4) is 28.4 Å². The van der Waals surface area contributed by atoms with Crippen molar-refractivity contribution in [1.82, 2.24) is 19.7 Å². The summed E-state index contributed by atoms with van der Waals surface area (Å²) in [6, 6.07) is 6.50. The van der Waals surface area contributed by atoms with E-state index in [-0.39, 0.29) is 5.91 Å². The van der Waals surface area contributed by atoms with Crippen LogP contribution in [0.4, 0.5) is 10.2 Å². The van der Waals surface area contributed by atoms with Crippen molar-refractivity contribution in [3.63, 3.8) is 0 Å². The lowest BCUT2D eigenvalue weighted by Crippen LogP contribution is -2.15. The fraction of sp³-hybridized carbons (Fsp3) is 0.222. The molecule has 0 saturated heterocycles. The van der Waals surface area contributed by atoms with E-state index in [1.165, 1.54) is 13.0 Å². The Hall–Kier alpha value is -3.29. The van der Waals surface area contributed by atoms with E-state index in [9.17, 15) is 9.18 Å². The molecule has 8 heteroatoms. The van der Waals surface area contributed by atoms with Crippen molar-refractivity contribution < 1.29 is 13.9 Å². The summed E-state index contributed by atoms with van der Waals surface area (Å²) in [7, 11) is 0. The van der Waals surface area contributed by atoms with Gasteiger partial charge in [-0.1, -0.05) is 0 Å². The Labute approximate surface area is 148 Å². The Morgan fingerprint density at radius 1 is 1.31 bits per heavy atom. The second-order valence-corrected chi connectivity index (χ2v) is 5.93. The molecule has 0 atom stereocenters. The van der Waals surface area contributed by atoms with E-state index < -0.39 is 5.82 Å². The minimum atomic E-state index is -0.410. The Bertz CT molecular complexity index is 968. The SMILES string of the molecule is CC(=O)Nc1cc(-c2c(-c3ccc(F)cn3)nn3c2OCCC3)ccn1. The van der Waals surface area contributed by atoms with Crippen LogP contribution < -0.4 is 10.1 Å². The highest BCUT2D eigenvalue weighted by Crippen LogP contribution is 2.40. The molecule has 1 amide bonds. The molecule has 0 aromatic carbocycles. The van der Waals surface area contributed by atoms with Gasteiger partial charge in [-0.2, -0.15) is 5.10 Å². The molecule has 0 aliphatic carbocycles. The van der Waals surface area contributed by atoms with Gasteiger partial charge in [0.1, 0.15) is 17.3 Å². The molecule has 4 rings (SSSR count). The molecule has 0 saturated carbocycles. The number of hydrogen-bond donors (Lipinski definition) is 1. The third kappa shape index (κ3) is 3.01. The number of pyridine rings is 2. The minimum absolute atomic E-state index is 0.205. The Kier molecular flexibility index (Phi) is 4.08. The number of aryl methyl sites for hydroxylation is 1. The van der Waals surface area contributed by atoms with E-state index in [0.717, 1.165) is 30.3 Å². The summed E-state index contributed by atoms with van der Waals surface area (Å²) in [4.78, 5) is 19.6. The van der Waals surface area contributed by atoms with Gasteiger partial charge in [-0.3, -0.25) is 9.78 Å². The predicted molar refractivity (Wildman–Crippen MR) is 93.1 cm³/mol. The third-order valence-corrected chi connectivity index (χ3v) is 3.98. The molecule has 0 unspecified atom stereocenters. The third-order valence-electron chi connectivity index (χ3n) is 3.98. The van der Waals surface area contributed by atoms with Gasteiger partial charge in [0.05, 0.1) is 24.1 Å². The molecule has 0 spiro atoms. The zero-order valence-electron chi connectivity index (χ0n) is 14.1. The molecule has 4 heterocycles. The highest BCUT2D eigenvalue weighted by Gasteiger charge is 2.25. The summed E-state index contributed by atoms with van der Waals surface area (Å²) in [5.41, 5.74) is 2.68. The number of hydrogen-bond acceptors (Lipinski definition) is 5. The first-order valence-electron chi connectivity index (χ1n) is 8.21. The first kappa shape index (κ1) is 16.2. The molecule has 1 aliphatic rings. The number of carbonyl (C=O) groups excluding carboxylic acids is 1. The normalized spacial score (nSPS) is 13.0. The van der Waals surface area contributed by atoms with Crippen molar-refractivity contribution in [3.05, 3.63) is 42.5 Å². The summed E-state index contributed by atoms with van der Waals surface area (Å²) in [6.45, 7) is 2.75. The molecule has 3 aromatic rings. The molecule has 132 valence electrons. The number of carbonyl (C=O) groups is 1. The van der Waals surface area contributed by atoms with Crippen molar-refractivity contribution in [2.24, 2.45) is 0 Å². The van der Waals surface area contributed by atoms with Gasteiger partial charge in [0, 0.05) is 26.1 Å². The molecule has 0 radical (unpaired) electrons. The van der Waals surface area contributed by atoms with Crippen LogP contribution in [0.2, 0.25) is 0 Å². The van der Waals surface area contributed by atoms with E-state index in [1.807, 2.05) is 6.07 Å². The first-order valence-corrected chi connectivity index (χ1v) is 8.21. The van der Waals surface area contributed by atoms with Gasteiger partial charge < -0.3 is 10.1 Å². The lowest BCUT2D eigenvalue weighted by atomic mass is 10.0. The highest BCUT2D eigenvalue weighted by molar-refractivity contribution is 5.90. The number of nitrogens with one attached hydrogen (secondary N) is 1. The van der Waals surface area contributed by atoms with Gasteiger partial charge in [-0.25, -0.2) is 14.1 Å². The largest absolute Gasteiger partial charge is 0.477 e. The van der Waals surface area contributed by atoms with Crippen LogP contribution in [0.3, 0.4) is 0 Å². The van der Waals surface area contributed by atoms with E-state index in [0.29, 0.717) is 29.7 Å². The smallest absolute Gasteiger partial charge is 0.222 e. The van der Waals surface area contributed by atoms with Crippen LogP contribution >= 0.6 is 0 Å². The molecule has 7 nitrogen and oxygen atoms in total. The summed E-state index contributed by atoms with van der Waals surface area (Å²) in [6.07, 6.45) is 3.63. The maximum absolute atomic E-state index is 13.3. The summed E-state index contributed by atoms with van der Waals surface area (Å²) in [5.74, 6) is 0.455. The highest BCUT2D eigenvalue weighted by atomic mass is 19.1. The minimum Gasteiger partial charge on any atom is -0.477 e. The number of fused-ring (bicyclic) bond motifs is 1. The Morgan fingerprint density at radius 2 is 2.19 bits per heavy atom. The molecular formula is C18H16FN5O2. The van der Waals surface area contributed by atoms with Gasteiger partial charge in [-0.15, -0.1) is 0 Å². The lowest BCUT2D eigenvalue weighted by molar-refractivity contribution is -0.114. The maximum Gasteiger partial charge on any atom is 0.222 e. The number of halogens is 1. The predicted octanol–water partition coefficient (Wildman–Crippen LogP) is 2.89. The van der Waals surface area contributed by atoms with Crippen LogP contribution in [0.1, 0.15) is 13.3 Å². The van der Waals surface area contributed by atoms with E-state index in [1.54, 1.807) is 23.0 Å². The number of ether oxygens (including phenoxy) is 1. The lowest BCUT2D eigenvalue weighted by Gasteiger charge is -2.16. The quantitative estimate of drug-likeness (QED) is 0.783. The average molecular weight is 353 g/mol. The van der Waals surface area contributed by atoms with Gasteiger partial charge in [0.15, 0.2) is 0 Å². The van der Waals surface area contributed by atoms with E-state index in [2.05, 4.69) is 20.4 Å². The fourth-order valence-electron chi connectivity index (χ4n) is 2.92. The van der Waals surface area contributed by atoms with Crippen LogP contribution in [0, 0.1) is 5.82 Å². The number of amides is 1. The van der Waals surface area contributed by atoms with Crippen molar-refractivity contribution in [2.75, 3.05) is 11.9 Å². The fourth-order valence-corrected chi connectivity index (χ4v) is 2.92. The van der Waals surface area contributed by atoms with Crippen molar-refractivity contribution in [1.29, 1.82) is 0 Å².